The summed E-state index contributed by atoms with van der Waals surface area (Å²) < 4.78 is 0. The Labute approximate surface area is 389 Å². The number of nitrogens with one attached hydrogen (secondary N) is 1. The second-order valence-electron chi connectivity index (χ2n) is 19.9. The number of carbonyl (C=O) groups excluding carboxylic acids is 1. The number of amides is 1. The fraction of sp³-hybridized carbons (Fsp3) is 0.947. The Morgan fingerprint density at radius 3 is 0.935 bits per heavy atom. The predicted octanol–water partition coefficient (Wildman–Crippen LogP) is 17.5. The SMILES string of the molecule is CCCCCCCCCCCCC/C=C/CCCC(O)C(O)C(CO)NC(=O)CCCCCCCCCCCCCCCCCCCCCCCCCCCCCCCCCC. The smallest absolute Gasteiger partial charge is 0.220 e. The highest BCUT2D eigenvalue weighted by Crippen LogP contribution is 2.18. The zero-order valence-electron chi connectivity index (χ0n) is 42.3. The molecule has 5 nitrogen and oxygen atoms in total. The second-order valence-corrected chi connectivity index (χ2v) is 19.9. The van der Waals surface area contributed by atoms with E-state index in [1.165, 1.54) is 257 Å². The lowest BCUT2D eigenvalue weighted by Gasteiger charge is -2.26. The molecule has 0 aromatic heterocycles. The van der Waals surface area contributed by atoms with Crippen LogP contribution in [0.3, 0.4) is 0 Å². The van der Waals surface area contributed by atoms with Gasteiger partial charge in [-0.25, -0.2) is 0 Å². The minimum absolute atomic E-state index is 0.147. The van der Waals surface area contributed by atoms with Crippen molar-refractivity contribution in [2.24, 2.45) is 0 Å². The summed E-state index contributed by atoms with van der Waals surface area (Å²) >= 11 is 0. The summed E-state index contributed by atoms with van der Waals surface area (Å²) in [5.41, 5.74) is 0. The predicted molar refractivity (Wildman–Crippen MR) is 273 cm³/mol. The van der Waals surface area contributed by atoms with Crippen molar-refractivity contribution in [1.29, 1.82) is 0 Å². The number of rotatable bonds is 53. The summed E-state index contributed by atoms with van der Waals surface area (Å²) in [7, 11) is 0. The maximum atomic E-state index is 12.5. The Balaban J connectivity index is 3.47. The molecule has 0 aromatic carbocycles. The number of hydrogen-bond acceptors (Lipinski definition) is 4. The third-order valence-electron chi connectivity index (χ3n) is 13.6. The van der Waals surface area contributed by atoms with Crippen molar-refractivity contribution in [2.75, 3.05) is 6.61 Å². The number of unbranched alkanes of at least 4 members (excludes halogenated alkanes) is 43. The average molecular weight is 877 g/mol. The highest BCUT2D eigenvalue weighted by Gasteiger charge is 2.26. The Kier molecular flexibility index (Phi) is 51.9. The third kappa shape index (κ3) is 47.1. The maximum Gasteiger partial charge on any atom is 0.220 e. The fourth-order valence-electron chi connectivity index (χ4n) is 9.23. The van der Waals surface area contributed by atoms with Crippen LogP contribution >= 0.6 is 0 Å². The minimum Gasteiger partial charge on any atom is -0.394 e. The summed E-state index contributed by atoms with van der Waals surface area (Å²) in [4.78, 5) is 12.5. The van der Waals surface area contributed by atoms with Crippen LogP contribution in [0.2, 0.25) is 0 Å². The number of allylic oxidation sites excluding steroid dienone is 2. The van der Waals surface area contributed by atoms with E-state index in [2.05, 4.69) is 31.3 Å². The topological polar surface area (TPSA) is 89.8 Å². The third-order valence-corrected chi connectivity index (χ3v) is 13.6. The van der Waals surface area contributed by atoms with E-state index in [-0.39, 0.29) is 12.5 Å². The van der Waals surface area contributed by atoms with Crippen molar-refractivity contribution in [1.82, 2.24) is 5.32 Å². The van der Waals surface area contributed by atoms with Crippen molar-refractivity contribution in [3.63, 3.8) is 0 Å². The molecule has 0 bridgehead atoms. The molecule has 0 aliphatic rings. The van der Waals surface area contributed by atoms with Gasteiger partial charge in [0.05, 0.1) is 18.8 Å². The Morgan fingerprint density at radius 1 is 0.387 bits per heavy atom. The zero-order chi connectivity index (χ0) is 45.1. The van der Waals surface area contributed by atoms with Crippen LogP contribution in [0.5, 0.6) is 0 Å². The molecule has 3 atom stereocenters. The van der Waals surface area contributed by atoms with Gasteiger partial charge in [-0.05, 0) is 38.5 Å². The van der Waals surface area contributed by atoms with Crippen LogP contribution in [-0.2, 0) is 4.79 Å². The molecule has 0 rings (SSSR count). The molecule has 0 heterocycles. The summed E-state index contributed by atoms with van der Waals surface area (Å²) in [5.74, 6) is -0.147. The highest BCUT2D eigenvalue weighted by atomic mass is 16.3. The van der Waals surface area contributed by atoms with Crippen molar-refractivity contribution in [3.8, 4) is 0 Å². The van der Waals surface area contributed by atoms with Crippen LogP contribution < -0.4 is 5.32 Å². The molecule has 0 aliphatic carbocycles. The molecular weight excluding hydrogens is 763 g/mol. The lowest BCUT2D eigenvalue weighted by Crippen LogP contribution is -2.50. The number of aliphatic hydroxyl groups is 3. The van der Waals surface area contributed by atoms with E-state index < -0.39 is 18.2 Å². The molecule has 62 heavy (non-hydrogen) atoms. The molecule has 0 spiro atoms. The first-order valence-corrected chi connectivity index (χ1v) is 28.5. The minimum atomic E-state index is -1.16. The van der Waals surface area contributed by atoms with E-state index in [0.29, 0.717) is 12.8 Å². The van der Waals surface area contributed by atoms with Crippen molar-refractivity contribution in [2.45, 2.75) is 340 Å². The first-order valence-electron chi connectivity index (χ1n) is 28.5. The number of aliphatic hydroxyl groups excluding tert-OH is 3. The van der Waals surface area contributed by atoms with Gasteiger partial charge in [-0.15, -0.1) is 0 Å². The van der Waals surface area contributed by atoms with Gasteiger partial charge in [0.1, 0.15) is 6.10 Å². The fourth-order valence-corrected chi connectivity index (χ4v) is 9.23. The van der Waals surface area contributed by atoms with Crippen LogP contribution in [0.15, 0.2) is 12.2 Å². The van der Waals surface area contributed by atoms with Gasteiger partial charge < -0.3 is 20.6 Å². The first kappa shape index (κ1) is 61.1. The van der Waals surface area contributed by atoms with E-state index in [0.717, 1.165) is 38.5 Å². The standard InChI is InChI=1S/C57H113NO4/c1-3-5-7-9-11-13-15-17-19-21-22-23-24-25-26-27-28-29-30-31-32-33-34-35-36-38-40-42-44-46-48-50-52-56(61)58-54(53-59)57(62)55(60)51-49-47-45-43-41-39-37-20-18-16-14-12-10-8-6-4-2/h43,45,54-55,57,59-60,62H,3-42,44,46-53H2,1-2H3,(H,58,61)/b45-43+. The molecule has 4 N–H and O–H groups in total. The monoisotopic (exact) mass is 876 g/mol. The van der Waals surface area contributed by atoms with Gasteiger partial charge in [0, 0.05) is 6.42 Å². The van der Waals surface area contributed by atoms with Crippen molar-refractivity contribution < 1.29 is 20.1 Å². The summed E-state index contributed by atoms with van der Waals surface area (Å²) in [5, 5.41) is 33.7. The quantitative estimate of drug-likeness (QED) is 0.0362. The zero-order valence-corrected chi connectivity index (χ0v) is 42.3. The van der Waals surface area contributed by atoms with Gasteiger partial charge in [-0.1, -0.05) is 289 Å². The second kappa shape index (κ2) is 52.7. The normalized spacial score (nSPS) is 13.3. The van der Waals surface area contributed by atoms with Gasteiger partial charge in [0.25, 0.3) is 0 Å². The maximum absolute atomic E-state index is 12.5. The summed E-state index contributed by atoms with van der Waals surface area (Å²) in [6, 6.07) is -0.822. The molecule has 370 valence electrons. The molecule has 0 aliphatic heterocycles. The van der Waals surface area contributed by atoms with Gasteiger partial charge in [-0.3, -0.25) is 4.79 Å². The Hall–Kier alpha value is -0.910. The van der Waals surface area contributed by atoms with Gasteiger partial charge in [-0.2, -0.15) is 0 Å². The highest BCUT2D eigenvalue weighted by molar-refractivity contribution is 5.76. The van der Waals surface area contributed by atoms with E-state index in [9.17, 15) is 20.1 Å². The number of carbonyl (C=O) groups is 1. The van der Waals surface area contributed by atoms with Gasteiger partial charge >= 0.3 is 0 Å². The average Bonchev–Trinajstić information content (AvgIpc) is 3.28. The summed E-state index contributed by atoms with van der Waals surface area (Å²) in [6.07, 6.45) is 65.3. The molecule has 5 heteroatoms. The molecule has 0 radical (unpaired) electrons. The number of hydrogen-bond donors (Lipinski definition) is 4. The van der Waals surface area contributed by atoms with Crippen molar-refractivity contribution in [3.05, 3.63) is 12.2 Å². The molecule has 0 saturated carbocycles. The Bertz CT molecular complexity index is 879. The van der Waals surface area contributed by atoms with E-state index in [4.69, 9.17) is 0 Å². The van der Waals surface area contributed by atoms with E-state index in [1.807, 2.05) is 0 Å². The Morgan fingerprint density at radius 2 is 0.645 bits per heavy atom. The van der Waals surface area contributed by atoms with Crippen LogP contribution in [0.1, 0.15) is 322 Å². The summed E-state index contributed by atoms with van der Waals surface area (Å²) in [6.45, 7) is 4.20. The van der Waals surface area contributed by atoms with E-state index >= 15 is 0 Å². The largest absolute Gasteiger partial charge is 0.394 e. The first-order chi connectivity index (χ1) is 30.6. The lowest BCUT2D eigenvalue weighted by atomic mass is 10.0. The molecule has 0 fully saturated rings. The van der Waals surface area contributed by atoms with Gasteiger partial charge in [0.2, 0.25) is 5.91 Å². The van der Waals surface area contributed by atoms with Crippen LogP contribution in [-0.4, -0.2) is 46.1 Å². The molecular formula is C57H113NO4. The van der Waals surface area contributed by atoms with Crippen LogP contribution in [0, 0.1) is 0 Å². The van der Waals surface area contributed by atoms with Gasteiger partial charge in [0.15, 0.2) is 0 Å². The lowest BCUT2D eigenvalue weighted by molar-refractivity contribution is -0.124. The van der Waals surface area contributed by atoms with Crippen LogP contribution in [0.4, 0.5) is 0 Å². The molecule has 0 aromatic rings. The molecule has 1 amide bonds. The van der Waals surface area contributed by atoms with Crippen LogP contribution in [0.25, 0.3) is 0 Å². The van der Waals surface area contributed by atoms with E-state index in [1.54, 1.807) is 0 Å². The van der Waals surface area contributed by atoms with Crippen molar-refractivity contribution >= 4 is 5.91 Å². The molecule has 0 saturated heterocycles. The molecule has 3 unspecified atom stereocenters.